The van der Waals surface area contributed by atoms with Crippen LogP contribution < -0.4 is 14.4 Å². The summed E-state index contributed by atoms with van der Waals surface area (Å²) < 4.78 is 35.3. The summed E-state index contributed by atoms with van der Waals surface area (Å²) in [6.45, 7) is 1.88. The zero-order chi connectivity index (χ0) is 32.4. The summed E-state index contributed by atoms with van der Waals surface area (Å²) in [6, 6.07) is 28.2. The number of hydrogen-bond donors (Lipinski definition) is 1. The summed E-state index contributed by atoms with van der Waals surface area (Å²) in [7, 11) is -2.77. The monoisotopic (exact) mass is 711 g/mol. The predicted octanol–water partition coefficient (Wildman–Crippen LogP) is 6.47. The lowest BCUT2D eigenvalue weighted by molar-refractivity contribution is -0.140. The third-order valence-corrected chi connectivity index (χ3v) is 9.60. The van der Waals surface area contributed by atoms with Gasteiger partial charge >= 0.3 is 0 Å². The maximum absolute atomic E-state index is 14.5. The number of methoxy groups -OCH3 is 1. The first kappa shape index (κ1) is 34.0. The van der Waals surface area contributed by atoms with Crippen LogP contribution in [0.2, 0.25) is 5.02 Å². The Labute approximate surface area is 278 Å². The van der Waals surface area contributed by atoms with Crippen molar-refractivity contribution in [2.45, 2.75) is 37.2 Å². The van der Waals surface area contributed by atoms with Crippen LogP contribution in [0.3, 0.4) is 0 Å². The van der Waals surface area contributed by atoms with Crippen molar-refractivity contribution in [3.8, 4) is 5.75 Å². The Morgan fingerprint density at radius 3 is 2.24 bits per heavy atom. The number of benzene rings is 4. The third kappa shape index (κ3) is 9.09. The molecule has 0 radical (unpaired) electrons. The van der Waals surface area contributed by atoms with Gasteiger partial charge in [0.05, 0.1) is 17.7 Å². The summed E-state index contributed by atoms with van der Waals surface area (Å²) >= 11 is 9.78. The van der Waals surface area contributed by atoms with E-state index in [9.17, 15) is 18.0 Å². The Morgan fingerprint density at radius 1 is 0.911 bits per heavy atom. The lowest BCUT2D eigenvalue weighted by Gasteiger charge is -2.34. The summed E-state index contributed by atoms with van der Waals surface area (Å²) in [5, 5.41) is 3.25. The van der Waals surface area contributed by atoms with E-state index in [1.807, 2.05) is 61.5 Å². The maximum atomic E-state index is 14.5. The zero-order valence-corrected chi connectivity index (χ0v) is 28.2. The van der Waals surface area contributed by atoms with E-state index in [1.165, 1.54) is 30.2 Å². The number of carbonyl (C=O) groups excluding carboxylic acids is 2. The van der Waals surface area contributed by atoms with Gasteiger partial charge in [-0.2, -0.15) is 0 Å². The molecule has 0 heterocycles. The number of ether oxygens (including phenoxy) is 1. The van der Waals surface area contributed by atoms with Gasteiger partial charge in [0.2, 0.25) is 11.8 Å². The van der Waals surface area contributed by atoms with Crippen molar-refractivity contribution in [1.29, 1.82) is 0 Å². The molecule has 0 spiro atoms. The highest BCUT2D eigenvalue weighted by atomic mass is 79.9. The van der Waals surface area contributed by atoms with Gasteiger partial charge in [0, 0.05) is 29.0 Å². The summed E-state index contributed by atoms with van der Waals surface area (Å²) in [5.74, 6) is -0.391. The van der Waals surface area contributed by atoms with Gasteiger partial charge in [-0.25, -0.2) is 8.42 Å². The highest BCUT2D eigenvalue weighted by Crippen LogP contribution is 2.28. The van der Waals surface area contributed by atoms with Gasteiger partial charge < -0.3 is 15.0 Å². The van der Waals surface area contributed by atoms with Gasteiger partial charge in [0.15, 0.2) is 0 Å². The molecule has 1 unspecified atom stereocenters. The predicted molar refractivity (Wildman–Crippen MR) is 181 cm³/mol. The minimum Gasteiger partial charge on any atom is -0.497 e. The lowest BCUT2D eigenvalue weighted by Crippen LogP contribution is -2.53. The number of rotatable bonds is 14. The third-order valence-electron chi connectivity index (χ3n) is 7.08. The minimum absolute atomic E-state index is 0.0314. The molecule has 0 aliphatic carbocycles. The Hall–Kier alpha value is -3.86. The highest BCUT2D eigenvalue weighted by Gasteiger charge is 2.34. The number of sulfonamides is 1. The first-order valence-corrected chi connectivity index (χ1v) is 17.0. The van der Waals surface area contributed by atoms with Crippen LogP contribution >= 0.6 is 27.5 Å². The summed E-state index contributed by atoms with van der Waals surface area (Å²) in [5.41, 5.74) is 1.84. The number of nitrogens with one attached hydrogen (secondary N) is 1. The van der Waals surface area contributed by atoms with Crippen molar-refractivity contribution < 1.29 is 22.7 Å². The fourth-order valence-electron chi connectivity index (χ4n) is 4.79. The lowest BCUT2D eigenvalue weighted by atomic mass is 10.0. The molecule has 45 heavy (non-hydrogen) atoms. The van der Waals surface area contributed by atoms with Crippen LogP contribution in [0.5, 0.6) is 5.75 Å². The number of amides is 2. The second-order valence-corrected chi connectivity index (χ2v) is 13.5. The molecule has 0 saturated heterocycles. The largest absolute Gasteiger partial charge is 0.497 e. The molecule has 1 atom stereocenters. The number of carbonyl (C=O) groups is 2. The summed E-state index contributed by atoms with van der Waals surface area (Å²) in [6.07, 6.45) is 0.949. The van der Waals surface area contributed by atoms with Gasteiger partial charge in [-0.15, -0.1) is 0 Å². The Bertz CT molecular complexity index is 1700. The molecule has 4 rings (SSSR count). The SMILES string of the molecule is CCCNC(=O)C(Cc1ccccc1)N(Cc1cccc(Br)c1)C(=O)CN(c1cccc(Cl)c1)S(=O)(=O)c1ccc(OC)cc1. The molecule has 2 amide bonds. The molecule has 0 bridgehead atoms. The Balaban J connectivity index is 1.80. The van der Waals surface area contributed by atoms with E-state index >= 15 is 0 Å². The molecule has 4 aromatic carbocycles. The number of halogens is 2. The first-order valence-electron chi connectivity index (χ1n) is 14.4. The van der Waals surface area contributed by atoms with Gasteiger partial charge in [0.1, 0.15) is 18.3 Å². The molecule has 1 N–H and O–H groups in total. The van der Waals surface area contributed by atoms with Gasteiger partial charge in [0.25, 0.3) is 10.0 Å². The van der Waals surface area contributed by atoms with E-state index in [0.717, 1.165) is 19.9 Å². The highest BCUT2D eigenvalue weighted by molar-refractivity contribution is 9.10. The Morgan fingerprint density at radius 2 is 1.60 bits per heavy atom. The standard InChI is InChI=1S/C34H35BrClN3O5S/c1-3-19-37-34(41)32(21-25-9-5-4-6-10-25)38(23-26-11-7-12-27(35)20-26)33(40)24-39(29-14-8-13-28(36)22-29)45(42,43)31-17-15-30(44-2)16-18-31/h4-18,20,22,32H,3,19,21,23-24H2,1-2H3,(H,37,41). The smallest absolute Gasteiger partial charge is 0.264 e. The maximum Gasteiger partial charge on any atom is 0.264 e. The van der Waals surface area contributed by atoms with E-state index in [-0.39, 0.29) is 29.5 Å². The topological polar surface area (TPSA) is 96.0 Å². The number of nitrogens with zero attached hydrogens (tertiary/aromatic N) is 2. The molecular weight excluding hydrogens is 678 g/mol. The number of anilines is 1. The van der Waals surface area contributed by atoms with E-state index < -0.39 is 28.5 Å². The van der Waals surface area contributed by atoms with Crippen molar-refractivity contribution in [2.24, 2.45) is 0 Å². The van der Waals surface area contributed by atoms with Crippen molar-refractivity contribution in [3.05, 3.63) is 124 Å². The molecule has 0 aromatic heterocycles. The molecule has 4 aromatic rings. The second-order valence-electron chi connectivity index (χ2n) is 10.3. The van der Waals surface area contributed by atoms with E-state index in [4.69, 9.17) is 16.3 Å². The molecule has 0 aliphatic rings. The van der Waals surface area contributed by atoms with Crippen molar-refractivity contribution in [2.75, 3.05) is 24.5 Å². The fourth-order valence-corrected chi connectivity index (χ4v) is 6.82. The Kier molecular flexibility index (Phi) is 12.0. The van der Waals surface area contributed by atoms with Crippen LogP contribution in [0.1, 0.15) is 24.5 Å². The second kappa shape index (κ2) is 15.9. The molecule has 8 nitrogen and oxygen atoms in total. The van der Waals surface area contributed by atoms with Crippen molar-refractivity contribution in [3.63, 3.8) is 0 Å². The van der Waals surface area contributed by atoms with Crippen LogP contribution in [0, 0.1) is 0 Å². The molecule has 236 valence electrons. The van der Waals surface area contributed by atoms with Crippen LogP contribution in [-0.4, -0.2) is 51.4 Å². The van der Waals surface area contributed by atoms with Crippen LogP contribution in [-0.2, 0) is 32.6 Å². The van der Waals surface area contributed by atoms with Gasteiger partial charge in [-0.3, -0.25) is 13.9 Å². The number of hydrogen-bond acceptors (Lipinski definition) is 5. The quantitative estimate of drug-likeness (QED) is 0.162. The molecule has 0 aliphatic heterocycles. The first-order chi connectivity index (χ1) is 21.6. The summed E-state index contributed by atoms with van der Waals surface area (Å²) in [4.78, 5) is 29.6. The van der Waals surface area contributed by atoms with Crippen LogP contribution in [0.15, 0.2) is 112 Å². The molecular formula is C34H35BrClN3O5S. The van der Waals surface area contributed by atoms with E-state index in [1.54, 1.807) is 30.3 Å². The average Bonchev–Trinajstić information content (AvgIpc) is 3.04. The molecule has 0 fully saturated rings. The molecule has 11 heteroatoms. The minimum atomic E-state index is -4.26. The van der Waals surface area contributed by atoms with Gasteiger partial charge in [-0.05, 0) is 72.1 Å². The van der Waals surface area contributed by atoms with E-state index in [0.29, 0.717) is 23.7 Å². The molecule has 0 saturated carbocycles. The normalized spacial score (nSPS) is 11.8. The van der Waals surface area contributed by atoms with E-state index in [2.05, 4.69) is 21.2 Å². The fraction of sp³-hybridized carbons (Fsp3) is 0.235. The average molecular weight is 713 g/mol. The van der Waals surface area contributed by atoms with Crippen molar-refractivity contribution in [1.82, 2.24) is 10.2 Å². The van der Waals surface area contributed by atoms with Gasteiger partial charge in [-0.1, -0.05) is 83.0 Å². The zero-order valence-electron chi connectivity index (χ0n) is 25.0. The van der Waals surface area contributed by atoms with Crippen molar-refractivity contribution >= 4 is 55.1 Å². The van der Waals surface area contributed by atoms with Crippen LogP contribution in [0.4, 0.5) is 5.69 Å². The van der Waals surface area contributed by atoms with Crippen LogP contribution in [0.25, 0.3) is 0 Å².